The number of fused-ring (bicyclic) bond motifs is 3. The van der Waals surface area contributed by atoms with E-state index in [0.717, 1.165) is 41.8 Å². The number of nitrogens with one attached hydrogen (secondary N) is 1. The molecule has 1 amide bonds. The Balaban J connectivity index is 1.69. The van der Waals surface area contributed by atoms with Crippen LogP contribution < -0.4 is 15.6 Å². The molecule has 2 heterocycles. The van der Waals surface area contributed by atoms with Gasteiger partial charge in [-0.3, -0.25) is 14.2 Å². The highest BCUT2D eigenvalue weighted by atomic mass is 32.1. The third-order valence-corrected chi connectivity index (χ3v) is 6.47. The molecule has 1 aliphatic rings. The van der Waals surface area contributed by atoms with Crippen molar-refractivity contribution in [2.24, 2.45) is 0 Å². The molecular weight excluding hydrogens is 400 g/mol. The first-order valence-corrected chi connectivity index (χ1v) is 10.9. The topological polar surface area (TPSA) is 76.5 Å². The van der Waals surface area contributed by atoms with Gasteiger partial charge in [-0.05, 0) is 69.6 Å². The minimum Gasteiger partial charge on any atom is -0.497 e. The summed E-state index contributed by atoms with van der Waals surface area (Å²) in [5.41, 5.74) is 1.69. The van der Waals surface area contributed by atoms with Crippen LogP contribution in [0.4, 0.5) is 5.69 Å². The molecule has 0 unspecified atom stereocenters. The summed E-state index contributed by atoms with van der Waals surface area (Å²) in [6.07, 6.45) is 4.17. The van der Waals surface area contributed by atoms with Gasteiger partial charge in [-0.25, -0.2) is 4.98 Å². The fourth-order valence-corrected chi connectivity index (χ4v) is 5.14. The van der Waals surface area contributed by atoms with E-state index >= 15 is 0 Å². The van der Waals surface area contributed by atoms with Crippen LogP contribution in [0.2, 0.25) is 0 Å². The van der Waals surface area contributed by atoms with Gasteiger partial charge in [-0.15, -0.1) is 11.3 Å². The second-order valence-electron chi connectivity index (χ2n) is 7.82. The summed E-state index contributed by atoms with van der Waals surface area (Å²) < 4.78 is 6.68. The summed E-state index contributed by atoms with van der Waals surface area (Å²) in [4.78, 5) is 35.0. The zero-order valence-electron chi connectivity index (χ0n) is 17.5. The molecule has 0 saturated carbocycles. The van der Waals surface area contributed by atoms with Crippen molar-refractivity contribution in [2.45, 2.75) is 38.8 Å². The van der Waals surface area contributed by atoms with Gasteiger partial charge in [0.1, 0.15) is 22.9 Å². The maximum absolute atomic E-state index is 13.4. The number of aryl methyl sites for hydroxylation is 2. The van der Waals surface area contributed by atoms with E-state index in [1.165, 1.54) is 9.44 Å². The summed E-state index contributed by atoms with van der Waals surface area (Å²) in [5.74, 6) is 1.07. The largest absolute Gasteiger partial charge is 0.497 e. The van der Waals surface area contributed by atoms with Crippen molar-refractivity contribution in [3.8, 4) is 5.75 Å². The molecule has 0 radical (unpaired) electrons. The lowest BCUT2D eigenvalue weighted by Gasteiger charge is -2.16. The number of rotatable bonds is 6. The Bertz CT molecular complexity index is 1130. The molecule has 0 spiro atoms. The van der Waals surface area contributed by atoms with E-state index in [9.17, 15) is 9.59 Å². The molecule has 1 N–H and O–H groups in total. The van der Waals surface area contributed by atoms with Gasteiger partial charge in [0.15, 0.2) is 0 Å². The summed E-state index contributed by atoms with van der Waals surface area (Å²) in [7, 11) is 5.45. The highest BCUT2D eigenvalue weighted by Crippen LogP contribution is 2.33. The van der Waals surface area contributed by atoms with Crippen LogP contribution in [0.1, 0.15) is 29.1 Å². The number of methoxy groups -OCH3 is 1. The van der Waals surface area contributed by atoms with Gasteiger partial charge < -0.3 is 15.0 Å². The molecule has 7 nitrogen and oxygen atoms in total. The number of anilines is 1. The first-order chi connectivity index (χ1) is 14.5. The average Bonchev–Trinajstić information content (AvgIpc) is 3.09. The van der Waals surface area contributed by atoms with Gasteiger partial charge in [0.05, 0.1) is 19.0 Å². The Morgan fingerprint density at radius 2 is 1.97 bits per heavy atom. The van der Waals surface area contributed by atoms with E-state index in [0.29, 0.717) is 23.4 Å². The minimum atomic E-state index is -0.257. The predicted molar refractivity (Wildman–Crippen MR) is 120 cm³/mol. The number of thiophene rings is 1. The number of hydrogen-bond acceptors (Lipinski definition) is 6. The standard InChI is InChI=1S/C22H26N4O3S/c1-25(2)12-18-24-21-20(16-6-4-5-7-17(16)30-21)22(28)26(18)13-19(27)23-14-8-10-15(29-3)11-9-14/h8-11H,4-7,12-13H2,1-3H3,(H,23,27). The van der Waals surface area contributed by atoms with Crippen LogP contribution >= 0.6 is 11.3 Å². The average molecular weight is 427 g/mol. The number of amides is 1. The first kappa shape index (κ1) is 20.6. The van der Waals surface area contributed by atoms with Crippen molar-refractivity contribution in [1.29, 1.82) is 0 Å². The molecule has 0 atom stereocenters. The molecule has 0 bridgehead atoms. The maximum atomic E-state index is 13.4. The lowest BCUT2D eigenvalue weighted by Crippen LogP contribution is -2.33. The van der Waals surface area contributed by atoms with Crippen molar-refractivity contribution in [1.82, 2.24) is 14.5 Å². The van der Waals surface area contributed by atoms with Crippen molar-refractivity contribution < 1.29 is 9.53 Å². The van der Waals surface area contributed by atoms with Crippen LogP contribution in [0.15, 0.2) is 29.1 Å². The van der Waals surface area contributed by atoms with E-state index in [4.69, 9.17) is 9.72 Å². The van der Waals surface area contributed by atoms with Crippen molar-refractivity contribution in [2.75, 3.05) is 26.5 Å². The number of ether oxygens (including phenoxy) is 1. The molecule has 8 heteroatoms. The van der Waals surface area contributed by atoms with Crippen molar-refractivity contribution in [3.05, 3.63) is 50.9 Å². The number of carbonyl (C=O) groups is 1. The molecule has 0 saturated heterocycles. The zero-order chi connectivity index (χ0) is 21.3. The Morgan fingerprint density at radius 3 is 2.67 bits per heavy atom. The predicted octanol–water partition coefficient (Wildman–Crippen LogP) is 3.05. The van der Waals surface area contributed by atoms with Crippen LogP contribution in [0.5, 0.6) is 5.75 Å². The maximum Gasteiger partial charge on any atom is 0.263 e. The number of aromatic nitrogens is 2. The van der Waals surface area contributed by atoms with Gasteiger partial charge in [-0.2, -0.15) is 0 Å². The van der Waals surface area contributed by atoms with Crippen LogP contribution in [-0.2, 0) is 30.7 Å². The van der Waals surface area contributed by atoms with Gasteiger partial charge >= 0.3 is 0 Å². The quantitative estimate of drug-likeness (QED) is 0.656. The molecule has 1 aliphatic carbocycles. The fourth-order valence-electron chi connectivity index (χ4n) is 3.87. The molecule has 0 fully saturated rings. The van der Waals surface area contributed by atoms with Crippen LogP contribution in [0.25, 0.3) is 10.2 Å². The van der Waals surface area contributed by atoms with Crippen LogP contribution in [0.3, 0.4) is 0 Å². The summed E-state index contributed by atoms with van der Waals surface area (Å²) in [5, 5.41) is 3.56. The molecule has 4 rings (SSSR count). The normalized spacial score (nSPS) is 13.5. The Kier molecular flexibility index (Phi) is 5.87. The third kappa shape index (κ3) is 4.11. The number of hydrogen-bond donors (Lipinski definition) is 1. The molecule has 158 valence electrons. The van der Waals surface area contributed by atoms with E-state index in [2.05, 4.69) is 5.32 Å². The van der Waals surface area contributed by atoms with Gasteiger partial charge in [-0.1, -0.05) is 0 Å². The highest BCUT2D eigenvalue weighted by molar-refractivity contribution is 7.18. The van der Waals surface area contributed by atoms with Crippen molar-refractivity contribution >= 4 is 33.1 Å². The van der Waals surface area contributed by atoms with Crippen LogP contribution in [0, 0.1) is 0 Å². The Hall–Kier alpha value is -2.71. The molecule has 1 aromatic carbocycles. The summed E-state index contributed by atoms with van der Waals surface area (Å²) in [6.45, 7) is 0.422. The molecular formula is C22H26N4O3S. The molecule has 0 aliphatic heterocycles. The van der Waals surface area contributed by atoms with E-state index in [1.54, 1.807) is 42.7 Å². The van der Waals surface area contributed by atoms with E-state index in [1.807, 2.05) is 19.0 Å². The van der Waals surface area contributed by atoms with Crippen LogP contribution in [-0.4, -0.2) is 41.6 Å². The molecule has 30 heavy (non-hydrogen) atoms. The molecule has 3 aromatic rings. The van der Waals surface area contributed by atoms with Gasteiger partial charge in [0.2, 0.25) is 5.91 Å². The fraction of sp³-hybridized carbons (Fsp3) is 0.409. The Morgan fingerprint density at radius 1 is 1.23 bits per heavy atom. The second kappa shape index (κ2) is 8.57. The number of carbonyl (C=O) groups excluding carboxylic acids is 1. The number of nitrogens with zero attached hydrogens (tertiary/aromatic N) is 3. The van der Waals surface area contributed by atoms with E-state index < -0.39 is 0 Å². The Labute approximate surface area is 179 Å². The lowest BCUT2D eigenvalue weighted by atomic mass is 9.97. The minimum absolute atomic E-state index is 0.0679. The first-order valence-electron chi connectivity index (χ1n) is 10.1. The SMILES string of the molecule is COc1ccc(NC(=O)Cn2c(CN(C)C)nc3sc4c(c3c2=O)CCCC4)cc1. The van der Waals surface area contributed by atoms with E-state index in [-0.39, 0.29) is 18.0 Å². The highest BCUT2D eigenvalue weighted by Gasteiger charge is 2.23. The molecule has 2 aromatic heterocycles. The van der Waals surface area contributed by atoms with Gasteiger partial charge in [0.25, 0.3) is 5.56 Å². The third-order valence-electron chi connectivity index (χ3n) is 5.29. The van der Waals surface area contributed by atoms with Gasteiger partial charge in [0, 0.05) is 10.6 Å². The monoisotopic (exact) mass is 426 g/mol. The zero-order valence-corrected chi connectivity index (χ0v) is 18.3. The summed E-state index contributed by atoms with van der Waals surface area (Å²) in [6, 6.07) is 7.11. The lowest BCUT2D eigenvalue weighted by molar-refractivity contribution is -0.116. The smallest absolute Gasteiger partial charge is 0.263 e. The second-order valence-corrected chi connectivity index (χ2v) is 8.91. The van der Waals surface area contributed by atoms with Crippen molar-refractivity contribution in [3.63, 3.8) is 0 Å². The number of benzene rings is 1. The summed E-state index contributed by atoms with van der Waals surface area (Å²) >= 11 is 1.63.